The molecule has 1 fully saturated rings. The van der Waals surface area contributed by atoms with Crippen molar-refractivity contribution < 1.29 is 31.9 Å². The van der Waals surface area contributed by atoms with Gasteiger partial charge in [-0.25, -0.2) is 4.98 Å². The summed E-state index contributed by atoms with van der Waals surface area (Å²) in [6.45, 7) is 0.375. The average molecular weight is 469 g/mol. The maximum Gasteiger partial charge on any atom is 0.455 e. The standard InChI is InChI=1S/C21H18F5N4OS/c1-2-32-17-8-14(19(11-27)4-5-19)10-30(31)18(17)15-7-13-3-6-29(16(13)9-28-15)12-20(22,23)21(24,25)26/h3,6-10,31H,2,4-5,12H2,1H3/q+1. The Morgan fingerprint density at radius 2 is 2.00 bits per heavy atom. The molecule has 0 unspecified atom stereocenters. The van der Waals surface area contributed by atoms with Gasteiger partial charge in [0.15, 0.2) is 0 Å². The molecule has 0 atom stereocenters. The number of hydrogen-bond acceptors (Lipinski definition) is 4. The number of rotatable bonds is 6. The summed E-state index contributed by atoms with van der Waals surface area (Å²) in [5.41, 5.74) is 0.882. The highest BCUT2D eigenvalue weighted by molar-refractivity contribution is 7.99. The van der Waals surface area contributed by atoms with E-state index < -0.39 is 24.1 Å². The van der Waals surface area contributed by atoms with E-state index in [0.29, 0.717) is 45.8 Å². The van der Waals surface area contributed by atoms with E-state index in [1.54, 1.807) is 0 Å². The largest absolute Gasteiger partial charge is 0.455 e. The molecule has 0 saturated heterocycles. The Morgan fingerprint density at radius 3 is 2.59 bits per heavy atom. The number of alkyl halides is 5. The molecule has 11 heteroatoms. The molecule has 3 aromatic rings. The molecule has 32 heavy (non-hydrogen) atoms. The molecule has 1 saturated carbocycles. The first kappa shape index (κ1) is 22.3. The van der Waals surface area contributed by atoms with Crippen LogP contribution in [0.25, 0.3) is 22.3 Å². The third kappa shape index (κ3) is 3.77. The quantitative estimate of drug-likeness (QED) is 0.236. The Bertz CT molecular complexity index is 1230. The Labute approximate surface area is 184 Å². The van der Waals surface area contributed by atoms with Crippen LogP contribution in [-0.2, 0) is 12.0 Å². The highest BCUT2D eigenvalue weighted by atomic mass is 32.2. The Kier molecular flexibility index (Phi) is 5.32. The second-order valence-corrected chi connectivity index (χ2v) is 8.99. The molecule has 0 aromatic carbocycles. The Hall–Kier alpha value is -2.87. The molecule has 3 heterocycles. The van der Waals surface area contributed by atoms with Gasteiger partial charge in [0.2, 0.25) is 6.20 Å². The summed E-state index contributed by atoms with van der Waals surface area (Å²) in [6, 6.07) is 7.07. The smallest absolute Gasteiger partial charge is 0.340 e. The van der Waals surface area contributed by atoms with Crippen molar-refractivity contribution in [2.24, 2.45) is 0 Å². The molecule has 1 aliphatic carbocycles. The molecule has 4 rings (SSSR count). The number of nitrogens with zero attached hydrogens (tertiary/aromatic N) is 4. The monoisotopic (exact) mass is 469 g/mol. The third-order valence-corrected chi connectivity index (χ3v) is 6.42. The van der Waals surface area contributed by atoms with Crippen molar-refractivity contribution in [1.29, 1.82) is 5.26 Å². The minimum atomic E-state index is -5.66. The van der Waals surface area contributed by atoms with Crippen LogP contribution in [0.5, 0.6) is 0 Å². The minimum Gasteiger partial charge on any atom is -0.340 e. The summed E-state index contributed by atoms with van der Waals surface area (Å²) in [6.07, 6.45) is -0.416. The first-order valence-electron chi connectivity index (χ1n) is 9.74. The van der Waals surface area contributed by atoms with E-state index in [-0.39, 0.29) is 5.52 Å². The van der Waals surface area contributed by atoms with Gasteiger partial charge in [-0.05, 0) is 36.8 Å². The van der Waals surface area contributed by atoms with Crippen molar-refractivity contribution in [3.05, 3.63) is 42.4 Å². The lowest BCUT2D eigenvalue weighted by Crippen LogP contribution is -2.40. The van der Waals surface area contributed by atoms with Crippen LogP contribution in [0.1, 0.15) is 25.3 Å². The number of pyridine rings is 2. The topological polar surface area (TPSA) is 65.7 Å². The van der Waals surface area contributed by atoms with Crippen LogP contribution < -0.4 is 4.73 Å². The summed E-state index contributed by atoms with van der Waals surface area (Å²) in [5.74, 6) is -4.20. The lowest BCUT2D eigenvalue weighted by atomic mass is 9.99. The molecule has 3 aromatic heterocycles. The fourth-order valence-electron chi connectivity index (χ4n) is 3.58. The van der Waals surface area contributed by atoms with Gasteiger partial charge >= 0.3 is 12.1 Å². The first-order chi connectivity index (χ1) is 15.0. The van der Waals surface area contributed by atoms with Crippen molar-refractivity contribution >= 4 is 22.7 Å². The number of nitriles is 1. The highest BCUT2D eigenvalue weighted by Gasteiger charge is 2.57. The van der Waals surface area contributed by atoms with Gasteiger partial charge in [-0.15, -0.1) is 11.8 Å². The predicted octanol–water partition coefficient (Wildman–Crippen LogP) is 5.09. The normalized spacial score (nSPS) is 15.7. The lowest BCUT2D eigenvalue weighted by molar-refractivity contribution is -0.897. The zero-order valence-corrected chi connectivity index (χ0v) is 17.6. The van der Waals surface area contributed by atoms with E-state index in [1.165, 1.54) is 36.3 Å². The van der Waals surface area contributed by atoms with Gasteiger partial charge in [0.25, 0.3) is 5.69 Å². The third-order valence-electron chi connectivity index (χ3n) is 5.51. The van der Waals surface area contributed by atoms with E-state index in [2.05, 4.69) is 11.1 Å². The van der Waals surface area contributed by atoms with E-state index in [9.17, 15) is 32.4 Å². The summed E-state index contributed by atoms with van der Waals surface area (Å²) in [7, 11) is 0. The molecule has 1 N–H and O–H groups in total. The van der Waals surface area contributed by atoms with Crippen LogP contribution in [0.15, 0.2) is 41.7 Å². The molecule has 1 aliphatic rings. The molecule has 168 valence electrons. The minimum absolute atomic E-state index is 0.116. The van der Waals surface area contributed by atoms with E-state index in [4.69, 9.17) is 0 Å². The maximum atomic E-state index is 13.5. The molecule has 0 spiro atoms. The molecule has 0 radical (unpaired) electrons. The van der Waals surface area contributed by atoms with Crippen molar-refractivity contribution in [3.8, 4) is 17.5 Å². The van der Waals surface area contributed by atoms with Crippen LogP contribution in [0.2, 0.25) is 0 Å². The number of hydrogen-bond donors (Lipinski definition) is 1. The van der Waals surface area contributed by atoms with Crippen molar-refractivity contribution in [3.63, 3.8) is 0 Å². The SMILES string of the molecule is CCSc1cc(C2(C#N)CC2)c[n+](O)c1-c1cc2ccn(CC(F)(F)C(F)(F)F)c2cn1. The summed E-state index contributed by atoms with van der Waals surface area (Å²) >= 11 is 1.44. The van der Waals surface area contributed by atoms with Crippen LogP contribution >= 0.6 is 11.8 Å². The van der Waals surface area contributed by atoms with Gasteiger partial charge in [-0.3, -0.25) is 5.21 Å². The lowest BCUT2D eigenvalue weighted by Gasteiger charge is -2.20. The van der Waals surface area contributed by atoms with Gasteiger partial charge in [0.05, 0.1) is 34.6 Å². The van der Waals surface area contributed by atoms with Gasteiger partial charge in [-0.2, -0.15) is 27.2 Å². The highest BCUT2D eigenvalue weighted by Crippen LogP contribution is 2.48. The molecular formula is C21H18F5N4OS+. The van der Waals surface area contributed by atoms with Gasteiger partial charge in [0, 0.05) is 21.9 Å². The predicted molar refractivity (Wildman–Crippen MR) is 106 cm³/mol. The Morgan fingerprint density at radius 1 is 1.28 bits per heavy atom. The van der Waals surface area contributed by atoms with Gasteiger partial charge in [-0.1, -0.05) is 6.92 Å². The second-order valence-electron chi connectivity index (χ2n) is 7.69. The fraction of sp³-hybridized carbons (Fsp3) is 0.381. The van der Waals surface area contributed by atoms with Gasteiger partial charge in [0.1, 0.15) is 5.69 Å². The average Bonchev–Trinajstić information content (AvgIpc) is 3.43. The second kappa shape index (κ2) is 7.62. The van der Waals surface area contributed by atoms with Crippen molar-refractivity contribution in [2.75, 3.05) is 5.75 Å². The summed E-state index contributed by atoms with van der Waals surface area (Å²) in [5, 5.41) is 20.6. The van der Waals surface area contributed by atoms with E-state index in [0.717, 1.165) is 15.5 Å². The zero-order valence-electron chi connectivity index (χ0n) is 16.8. The number of fused-ring (bicyclic) bond motifs is 1. The van der Waals surface area contributed by atoms with Crippen LogP contribution in [-0.4, -0.2) is 32.6 Å². The number of halogens is 5. The molecule has 0 amide bonds. The van der Waals surface area contributed by atoms with Crippen LogP contribution in [0.3, 0.4) is 0 Å². The molecule has 0 aliphatic heterocycles. The zero-order chi connectivity index (χ0) is 23.3. The van der Waals surface area contributed by atoms with Gasteiger partial charge < -0.3 is 4.57 Å². The Balaban J connectivity index is 1.75. The number of thioether (sulfide) groups is 1. The maximum absolute atomic E-state index is 13.5. The summed E-state index contributed by atoms with van der Waals surface area (Å²) in [4.78, 5) is 4.91. The van der Waals surface area contributed by atoms with Crippen molar-refractivity contribution in [1.82, 2.24) is 9.55 Å². The molecule has 5 nitrogen and oxygen atoms in total. The van der Waals surface area contributed by atoms with E-state index >= 15 is 0 Å². The number of aromatic nitrogens is 3. The van der Waals surface area contributed by atoms with E-state index in [1.807, 2.05) is 13.0 Å². The summed E-state index contributed by atoms with van der Waals surface area (Å²) < 4.78 is 66.5. The molecular weight excluding hydrogens is 451 g/mol. The first-order valence-corrected chi connectivity index (χ1v) is 10.7. The van der Waals surface area contributed by atoms with Crippen molar-refractivity contribution in [2.45, 2.75) is 48.7 Å². The fourth-order valence-corrected chi connectivity index (χ4v) is 4.43. The van der Waals surface area contributed by atoms with Crippen LogP contribution in [0.4, 0.5) is 22.0 Å². The van der Waals surface area contributed by atoms with Crippen LogP contribution in [0, 0.1) is 11.3 Å². The molecule has 0 bridgehead atoms.